The monoisotopic (exact) mass is 477 g/mol. The van der Waals surface area contributed by atoms with E-state index in [1.165, 1.54) is 11.8 Å². The van der Waals surface area contributed by atoms with Crippen molar-refractivity contribution in [3.63, 3.8) is 0 Å². The van der Waals surface area contributed by atoms with Gasteiger partial charge in [-0.3, -0.25) is 14.7 Å². The van der Waals surface area contributed by atoms with E-state index in [1.54, 1.807) is 24.3 Å². The number of cyclic esters (lactones) is 1. The first-order valence-electron chi connectivity index (χ1n) is 10.8. The van der Waals surface area contributed by atoms with Crippen LogP contribution in [0.1, 0.15) is 5.56 Å². The molecule has 2 aliphatic rings. The molecule has 0 spiro atoms. The van der Waals surface area contributed by atoms with E-state index in [0.717, 1.165) is 27.2 Å². The van der Waals surface area contributed by atoms with Crippen molar-refractivity contribution in [2.75, 3.05) is 42.7 Å². The number of amides is 2. The minimum Gasteiger partial charge on any atom is -0.481 e. The van der Waals surface area contributed by atoms with Crippen LogP contribution < -0.4 is 20.3 Å². The predicted molar refractivity (Wildman–Crippen MR) is 131 cm³/mol. The average Bonchev–Trinajstić information content (AvgIpc) is 3.23. The van der Waals surface area contributed by atoms with Gasteiger partial charge in [-0.15, -0.1) is 11.8 Å². The summed E-state index contributed by atoms with van der Waals surface area (Å²) in [6.07, 6.45) is 5.07. The topological polar surface area (TPSA) is 106 Å². The number of fused-ring (bicyclic) bond motifs is 2. The van der Waals surface area contributed by atoms with Gasteiger partial charge in [0, 0.05) is 41.5 Å². The van der Waals surface area contributed by atoms with Crippen LogP contribution in [0.15, 0.2) is 53.6 Å². The summed E-state index contributed by atoms with van der Waals surface area (Å²) in [5.74, 6) is 0.909. The Morgan fingerprint density at radius 2 is 2.21 bits per heavy atom. The second-order valence-electron chi connectivity index (χ2n) is 7.82. The van der Waals surface area contributed by atoms with Gasteiger partial charge in [0.05, 0.1) is 36.1 Å². The molecule has 1 fully saturated rings. The average molecular weight is 478 g/mol. The van der Waals surface area contributed by atoms with Crippen LogP contribution in [-0.4, -0.2) is 60.6 Å². The molecule has 1 saturated heterocycles. The first-order valence-corrected chi connectivity index (χ1v) is 11.8. The molecule has 0 saturated carbocycles. The Morgan fingerprint density at radius 3 is 3.09 bits per heavy atom. The van der Waals surface area contributed by atoms with Gasteiger partial charge in [0.1, 0.15) is 6.10 Å². The molecule has 2 aromatic heterocycles. The van der Waals surface area contributed by atoms with E-state index in [-0.39, 0.29) is 18.1 Å². The summed E-state index contributed by atoms with van der Waals surface area (Å²) in [6.45, 7) is 1.56. The lowest BCUT2D eigenvalue weighted by molar-refractivity contribution is -0.113. The first kappa shape index (κ1) is 22.2. The van der Waals surface area contributed by atoms with Crippen LogP contribution in [0.25, 0.3) is 17.1 Å². The van der Waals surface area contributed by atoms with Crippen molar-refractivity contribution in [1.29, 1.82) is 0 Å². The lowest BCUT2D eigenvalue weighted by Crippen LogP contribution is -2.31. The Labute approximate surface area is 200 Å². The summed E-state index contributed by atoms with van der Waals surface area (Å²) in [7, 11) is 1.59. The maximum atomic E-state index is 12.4. The van der Waals surface area contributed by atoms with Gasteiger partial charge in [-0.2, -0.15) is 0 Å². The molecule has 1 atom stereocenters. The van der Waals surface area contributed by atoms with Gasteiger partial charge in [0.15, 0.2) is 0 Å². The maximum absolute atomic E-state index is 12.4. The fraction of sp³-hybridized carbons (Fsp3) is 0.250. The number of carbonyl (C=O) groups is 2. The minimum atomic E-state index is -0.389. The third kappa shape index (κ3) is 4.68. The van der Waals surface area contributed by atoms with E-state index in [2.05, 4.69) is 20.6 Å². The van der Waals surface area contributed by atoms with Gasteiger partial charge in [0.2, 0.25) is 11.8 Å². The smallest absolute Gasteiger partial charge is 0.414 e. The Balaban J connectivity index is 1.16. The number of methoxy groups -OCH3 is 1. The molecule has 3 aromatic rings. The molecule has 2 amide bonds. The zero-order chi connectivity index (χ0) is 23.5. The number of nitrogens with zero attached hydrogens (tertiary/aromatic N) is 3. The lowest BCUT2D eigenvalue weighted by atomic mass is 10.2. The highest BCUT2D eigenvalue weighted by Crippen LogP contribution is 2.35. The maximum Gasteiger partial charge on any atom is 0.414 e. The molecular weight excluding hydrogens is 454 g/mol. The van der Waals surface area contributed by atoms with Crippen molar-refractivity contribution in [1.82, 2.24) is 15.3 Å². The fourth-order valence-electron chi connectivity index (χ4n) is 3.87. The van der Waals surface area contributed by atoms with Gasteiger partial charge in [0.25, 0.3) is 0 Å². The van der Waals surface area contributed by atoms with Gasteiger partial charge >= 0.3 is 6.09 Å². The molecule has 0 bridgehead atoms. The quantitative estimate of drug-likeness (QED) is 0.500. The molecule has 0 aliphatic carbocycles. The molecule has 4 heterocycles. The van der Waals surface area contributed by atoms with Crippen molar-refractivity contribution in [3.05, 3.63) is 54.2 Å². The van der Waals surface area contributed by atoms with Gasteiger partial charge < -0.3 is 20.1 Å². The van der Waals surface area contributed by atoms with Crippen LogP contribution in [0.4, 0.5) is 16.2 Å². The normalized spacial score (nSPS) is 17.7. The molecular formula is C24H23N5O4S. The minimum absolute atomic E-state index is 0.0385. The van der Waals surface area contributed by atoms with Crippen LogP contribution in [0, 0.1) is 0 Å². The Morgan fingerprint density at radius 1 is 1.29 bits per heavy atom. The number of rotatable bonds is 7. The van der Waals surface area contributed by atoms with Crippen molar-refractivity contribution >= 4 is 52.2 Å². The fourth-order valence-corrected chi connectivity index (χ4v) is 4.66. The van der Waals surface area contributed by atoms with Gasteiger partial charge in [-0.1, -0.05) is 12.2 Å². The van der Waals surface area contributed by atoms with Gasteiger partial charge in [-0.05, 0) is 30.3 Å². The van der Waals surface area contributed by atoms with E-state index < -0.39 is 0 Å². The molecule has 0 radical (unpaired) electrons. The largest absolute Gasteiger partial charge is 0.481 e. The lowest BCUT2D eigenvalue weighted by Gasteiger charge is -2.19. The number of nitrogens with one attached hydrogen (secondary N) is 2. The second kappa shape index (κ2) is 9.70. The van der Waals surface area contributed by atoms with Crippen LogP contribution >= 0.6 is 11.8 Å². The van der Waals surface area contributed by atoms with Crippen molar-refractivity contribution in [2.45, 2.75) is 11.0 Å². The van der Waals surface area contributed by atoms with Crippen LogP contribution in [-0.2, 0) is 9.53 Å². The highest BCUT2D eigenvalue weighted by Gasteiger charge is 2.32. The number of benzene rings is 1. The second-order valence-corrected chi connectivity index (χ2v) is 8.83. The van der Waals surface area contributed by atoms with E-state index in [4.69, 9.17) is 9.47 Å². The first-order chi connectivity index (χ1) is 16.6. The molecule has 1 unspecified atom stereocenters. The zero-order valence-corrected chi connectivity index (χ0v) is 19.3. The summed E-state index contributed by atoms with van der Waals surface area (Å²) in [4.78, 5) is 35.5. The molecule has 174 valence electrons. The Kier molecular flexibility index (Phi) is 6.33. The predicted octanol–water partition coefficient (Wildman–Crippen LogP) is 3.31. The molecule has 2 N–H and O–H groups in total. The van der Waals surface area contributed by atoms with Gasteiger partial charge in [-0.25, -0.2) is 9.78 Å². The number of carbonyl (C=O) groups excluding carboxylic acids is 2. The summed E-state index contributed by atoms with van der Waals surface area (Å²) in [5, 5.41) is 6.16. The summed E-state index contributed by atoms with van der Waals surface area (Å²) in [5.41, 5.74) is 3.96. The zero-order valence-electron chi connectivity index (χ0n) is 18.5. The number of thioether (sulfide) groups is 1. The highest BCUT2D eigenvalue weighted by atomic mass is 32.2. The van der Waals surface area contributed by atoms with Crippen molar-refractivity contribution in [2.24, 2.45) is 0 Å². The number of aromatic nitrogens is 2. The molecule has 10 heteroatoms. The highest BCUT2D eigenvalue weighted by molar-refractivity contribution is 8.00. The number of hydrogen-bond acceptors (Lipinski definition) is 8. The van der Waals surface area contributed by atoms with E-state index >= 15 is 0 Å². The Hall–Kier alpha value is -3.63. The van der Waals surface area contributed by atoms with Crippen LogP contribution in [0.5, 0.6) is 5.88 Å². The SMILES string of the molecule is COc1ccc2nccc(C=CCNCC3CN(c4ccc5c(c4)NC(=O)CS5)C(=O)O3)c2n1. The number of hydrogen-bond donors (Lipinski definition) is 2. The number of pyridine rings is 2. The summed E-state index contributed by atoms with van der Waals surface area (Å²) in [6, 6.07) is 11.2. The molecule has 2 aliphatic heterocycles. The molecule has 1 aromatic carbocycles. The molecule has 5 rings (SSSR count). The van der Waals surface area contributed by atoms with Crippen LogP contribution in [0.3, 0.4) is 0 Å². The standard InChI is InChI=1S/C24H23N5O4S/c1-32-22-7-5-18-23(28-22)15(8-10-26-18)3-2-9-25-12-17-13-29(24(31)33-17)16-4-6-20-19(11-16)27-21(30)14-34-20/h2-8,10-11,17,25H,9,12-14H2,1H3,(H,27,30). The number of anilines is 2. The summed E-state index contributed by atoms with van der Waals surface area (Å²) < 4.78 is 10.7. The van der Waals surface area contributed by atoms with E-state index in [0.29, 0.717) is 37.0 Å². The van der Waals surface area contributed by atoms with E-state index in [9.17, 15) is 9.59 Å². The Bertz CT molecular complexity index is 1280. The van der Waals surface area contributed by atoms with Crippen LogP contribution in [0.2, 0.25) is 0 Å². The molecule has 34 heavy (non-hydrogen) atoms. The molecule has 9 nitrogen and oxygen atoms in total. The third-order valence-corrected chi connectivity index (χ3v) is 6.59. The third-order valence-electron chi connectivity index (χ3n) is 5.51. The summed E-state index contributed by atoms with van der Waals surface area (Å²) >= 11 is 1.49. The van der Waals surface area contributed by atoms with Crippen molar-refractivity contribution in [3.8, 4) is 5.88 Å². The van der Waals surface area contributed by atoms with Crippen molar-refractivity contribution < 1.29 is 19.1 Å². The van der Waals surface area contributed by atoms with E-state index in [1.807, 2.05) is 42.5 Å². The number of ether oxygens (including phenoxy) is 2.